The molecule has 2 heterocycles. The zero-order valence-corrected chi connectivity index (χ0v) is 10.7. The van der Waals surface area contributed by atoms with Crippen molar-refractivity contribution in [1.29, 1.82) is 0 Å². The lowest BCUT2D eigenvalue weighted by Crippen LogP contribution is -2.21. The van der Waals surface area contributed by atoms with Gasteiger partial charge in [-0.3, -0.25) is 4.68 Å². The summed E-state index contributed by atoms with van der Waals surface area (Å²) in [6, 6.07) is 2.44. The van der Waals surface area contributed by atoms with Crippen molar-refractivity contribution in [3.8, 4) is 0 Å². The van der Waals surface area contributed by atoms with Crippen LogP contribution < -0.4 is 5.32 Å². The Labute approximate surface area is 100 Å². The molecule has 0 aromatic carbocycles. The van der Waals surface area contributed by atoms with Crippen molar-refractivity contribution in [3.63, 3.8) is 0 Å². The minimum absolute atomic E-state index is 0.268. The van der Waals surface area contributed by atoms with E-state index in [-0.39, 0.29) is 6.04 Å². The average molecular weight is 235 g/mol. The fourth-order valence-electron chi connectivity index (χ4n) is 1.95. The van der Waals surface area contributed by atoms with Gasteiger partial charge in [0.1, 0.15) is 0 Å². The van der Waals surface area contributed by atoms with Crippen LogP contribution in [0.25, 0.3) is 0 Å². The van der Waals surface area contributed by atoms with Gasteiger partial charge in [0, 0.05) is 18.8 Å². The molecule has 0 aliphatic heterocycles. The largest absolute Gasteiger partial charge is 0.306 e. The molecule has 0 spiro atoms. The molecular formula is C12H17N3S. The molecule has 0 aliphatic rings. The summed E-state index contributed by atoms with van der Waals surface area (Å²) >= 11 is 1.73. The molecule has 16 heavy (non-hydrogen) atoms. The first kappa shape index (κ1) is 11.4. The van der Waals surface area contributed by atoms with Crippen LogP contribution in [0.3, 0.4) is 0 Å². The van der Waals surface area contributed by atoms with E-state index in [4.69, 9.17) is 0 Å². The van der Waals surface area contributed by atoms with Crippen molar-refractivity contribution >= 4 is 11.3 Å². The monoisotopic (exact) mass is 235 g/mol. The summed E-state index contributed by atoms with van der Waals surface area (Å²) in [5.74, 6) is 0. The molecule has 0 radical (unpaired) electrons. The average Bonchev–Trinajstić information content (AvgIpc) is 2.85. The molecule has 0 fully saturated rings. The van der Waals surface area contributed by atoms with Gasteiger partial charge >= 0.3 is 0 Å². The minimum atomic E-state index is 0.268. The maximum Gasteiger partial charge on any atom is 0.0644 e. The van der Waals surface area contributed by atoms with Crippen molar-refractivity contribution in [3.05, 3.63) is 39.8 Å². The number of hydrogen-bond donors (Lipinski definition) is 1. The first-order valence-electron chi connectivity index (χ1n) is 5.48. The normalized spacial score (nSPS) is 12.9. The molecule has 86 valence electrons. The van der Waals surface area contributed by atoms with Gasteiger partial charge in [-0.2, -0.15) is 16.4 Å². The smallest absolute Gasteiger partial charge is 0.0644 e. The predicted octanol–water partition coefficient (Wildman–Crippen LogP) is 2.49. The lowest BCUT2D eigenvalue weighted by molar-refractivity contribution is 0.629. The SMILES string of the molecule is CCNC(c1ccsc1)c1cn(C)nc1C. The van der Waals surface area contributed by atoms with Gasteiger partial charge in [0.05, 0.1) is 11.7 Å². The van der Waals surface area contributed by atoms with Gasteiger partial charge in [-0.15, -0.1) is 0 Å². The van der Waals surface area contributed by atoms with E-state index in [2.05, 4.69) is 47.3 Å². The third-order valence-corrected chi connectivity index (χ3v) is 3.35. The van der Waals surface area contributed by atoms with Crippen LogP contribution in [0.5, 0.6) is 0 Å². The van der Waals surface area contributed by atoms with Crippen molar-refractivity contribution in [2.24, 2.45) is 7.05 Å². The summed E-state index contributed by atoms with van der Waals surface area (Å²) in [7, 11) is 1.97. The predicted molar refractivity (Wildman–Crippen MR) is 67.8 cm³/mol. The highest BCUT2D eigenvalue weighted by atomic mass is 32.1. The molecule has 2 aromatic rings. The third kappa shape index (κ3) is 2.18. The van der Waals surface area contributed by atoms with Gasteiger partial charge < -0.3 is 5.32 Å². The Bertz CT molecular complexity index is 445. The highest BCUT2D eigenvalue weighted by Gasteiger charge is 2.17. The van der Waals surface area contributed by atoms with Crippen molar-refractivity contribution in [2.75, 3.05) is 6.54 Å². The van der Waals surface area contributed by atoms with Crippen LogP contribution in [-0.4, -0.2) is 16.3 Å². The standard InChI is InChI=1S/C12H17N3S/c1-4-13-12(10-5-6-16-8-10)11-7-15(3)14-9(11)2/h5-8,12-13H,4H2,1-3H3. The second kappa shape index (κ2) is 4.80. The van der Waals surface area contributed by atoms with E-state index in [0.29, 0.717) is 0 Å². The molecule has 3 nitrogen and oxygen atoms in total. The Morgan fingerprint density at radius 3 is 2.88 bits per heavy atom. The lowest BCUT2D eigenvalue weighted by Gasteiger charge is -2.16. The molecule has 0 saturated carbocycles. The number of nitrogens with one attached hydrogen (secondary N) is 1. The number of aryl methyl sites for hydroxylation is 2. The van der Waals surface area contributed by atoms with Gasteiger partial charge in [-0.25, -0.2) is 0 Å². The van der Waals surface area contributed by atoms with Crippen LogP contribution >= 0.6 is 11.3 Å². The molecule has 0 aliphatic carbocycles. The Hall–Kier alpha value is -1.13. The van der Waals surface area contributed by atoms with Gasteiger partial charge in [0.15, 0.2) is 0 Å². The Balaban J connectivity index is 2.36. The molecule has 2 aromatic heterocycles. The molecule has 1 N–H and O–H groups in total. The van der Waals surface area contributed by atoms with E-state index in [0.717, 1.165) is 12.2 Å². The minimum Gasteiger partial charge on any atom is -0.306 e. The highest BCUT2D eigenvalue weighted by molar-refractivity contribution is 7.08. The molecular weight excluding hydrogens is 218 g/mol. The molecule has 0 bridgehead atoms. The first-order valence-corrected chi connectivity index (χ1v) is 6.42. The molecule has 4 heteroatoms. The van der Waals surface area contributed by atoms with Crippen LogP contribution in [0.4, 0.5) is 0 Å². The van der Waals surface area contributed by atoms with E-state index in [9.17, 15) is 0 Å². The summed E-state index contributed by atoms with van der Waals surface area (Å²) < 4.78 is 1.88. The van der Waals surface area contributed by atoms with Crippen LogP contribution in [-0.2, 0) is 7.05 Å². The summed E-state index contributed by atoms with van der Waals surface area (Å²) in [6.07, 6.45) is 2.10. The maximum atomic E-state index is 4.40. The Morgan fingerprint density at radius 2 is 2.38 bits per heavy atom. The van der Waals surface area contributed by atoms with Crippen molar-refractivity contribution in [1.82, 2.24) is 15.1 Å². The third-order valence-electron chi connectivity index (χ3n) is 2.65. The van der Waals surface area contributed by atoms with Crippen LogP contribution in [0.2, 0.25) is 0 Å². The molecule has 1 atom stereocenters. The van der Waals surface area contributed by atoms with Crippen molar-refractivity contribution in [2.45, 2.75) is 19.9 Å². The van der Waals surface area contributed by atoms with E-state index in [1.807, 2.05) is 11.7 Å². The van der Waals surface area contributed by atoms with Crippen LogP contribution in [0.1, 0.15) is 29.8 Å². The van der Waals surface area contributed by atoms with E-state index >= 15 is 0 Å². The number of nitrogens with zero attached hydrogens (tertiary/aromatic N) is 2. The van der Waals surface area contributed by atoms with Crippen LogP contribution in [0.15, 0.2) is 23.0 Å². The lowest BCUT2D eigenvalue weighted by atomic mass is 10.0. The van der Waals surface area contributed by atoms with Gasteiger partial charge in [-0.1, -0.05) is 6.92 Å². The van der Waals surface area contributed by atoms with Gasteiger partial charge in [0.2, 0.25) is 0 Å². The van der Waals surface area contributed by atoms with E-state index < -0.39 is 0 Å². The summed E-state index contributed by atoms with van der Waals surface area (Å²) in [6.45, 7) is 5.14. The second-order valence-corrected chi connectivity index (χ2v) is 4.67. The molecule has 0 saturated heterocycles. The van der Waals surface area contributed by atoms with Crippen LogP contribution in [0, 0.1) is 6.92 Å². The molecule has 0 amide bonds. The van der Waals surface area contributed by atoms with Gasteiger partial charge in [0.25, 0.3) is 0 Å². The quantitative estimate of drug-likeness (QED) is 0.882. The van der Waals surface area contributed by atoms with Gasteiger partial charge in [-0.05, 0) is 35.9 Å². The summed E-state index contributed by atoms with van der Waals surface area (Å²) in [5.41, 5.74) is 3.69. The van der Waals surface area contributed by atoms with E-state index in [1.54, 1.807) is 11.3 Å². The highest BCUT2D eigenvalue weighted by Crippen LogP contribution is 2.25. The molecule has 1 unspecified atom stereocenters. The topological polar surface area (TPSA) is 29.9 Å². The summed E-state index contributed by atoms with van der Waals surface area (Å²) in [5, 5.41) is 12.2. The van der Waals surface area contributed by atoms with Crippen molar-refractivity contribution < 1.29 is 0 Å². The first-order chi connectivity index (χ1) is 7.72. The molecule has 2 rings (SSSR count). The number of thiophene rings is 1. The Kier molecular flexibility index (Phi) is 3.41. The number of aromatic nitrogens is 2. The Morgan fingerprint density at radius 1 is 1.56 bits per heavy atom. The fraction of sp³-hybridized carbons (Fsp3) is 0.417. The fourth-order valence-corrected chi connectivity index (χ4v) is 2.64. The zero-order chi connectivity index (χ0) is 11.5. The summed E-state index contributed by atoms with van der Waals surface area (Å²) in [4.78, 5) is 0. The van der Waals surface area contributed by atoms with E-state index in [1.165, 1.54) is 11.1 Å². The zero-order valence-electron chi connectivity index (χ0n) is 9.90. The number of hydrogen-bond acceptors (Lipinski definition) is 3. The number of rotatable bonds is 4. The second-order valence-electron chi connectivity index (χ2n) is 3.89. The maximum absolute atomic E-state index is 4.40.